The predicted octanol–water partition coefficient (Wildman–Crippen LogP) is 2.49. The van der Waals surface area contributed by atoms with Crippen LogP contribution in [0, 0.1) is 0 Å². The van der Waals surface area contributed by atoms with Gasteiger partial charge in [0.05, 0.1) is 6.10 Å². The number of hydrogen-bond acceptors (Lipinski definition) is 3. The number of amides is 1. The number of benzene rings is 1. The third-order valence-corrected chi connectivity index (χ3v) is 4.56. The van der Waals surface area contributed by atoms with Gasteiger partial charge in [0, 0.05) is 30.4 Å². The maximum atomic E-state index is 12.3. The van der Waals surface area contributed by atoms with E-state index in [-0.39, 0.29) is 18.1 Å². The zero-order valence-electron chi connectivity index (χ0n) is 12.9. The summed E-state index contributed by atoms with van der Waals surface area (Å²) in [6.07, 6.45) is 8.79. The number of aliphatic hydroxyl groups excluding tert-OH is 1. The van der Waals surface area contributed by atoms with E-state index in [4.69, 9.17) is 0 Å². The fourth-order valence-corrected chi connectivity index (χ4v) is 3.14. The van der Waals surface area contributed by atoms with Crippen LogP contribution in [0.5, 0.6) is 0 Å². The molecule has 1 saturated heterocycles. The van der Waals surface area contributed by atoms with Crippen molar-refractivity contribution in [3.05, 3.63) is 42.0 Å². The van der Waals surface area contributed by atoms with Crippen LogP contribution in [0.2, 0.25) is 0 Å². The Balaban J connectivity index is 1.58. The number of piperidine rings is 1. The maximum Gasteiger partial charge on any atom is 0.251 e. The van der Waals surface area contributed by atoms with Gasteiger partial charge in [0.1, 0.15) is 0 Å². The number of nitrogens with one attached hydrogen (secondary N) is 1. The molecule has 0 saturated carbocycles. The van der Waals surface area contributed by atoms with Crippen molar-refractivity contribution in [1.29, 1.82) is 0 Å². The Labute approximate surface area is 131 Å². The molecule has 0 aromatic heterocycles. The van der Waals surface area contributed by atoms with Gasteiger partial charge in [-0.2, -0.15) is 0 Å². The number of aliphatic hydroxyl groups is 1. The molecule has 1 aliphatic carbocycles. The summed E-state index contributed by atoms with van der Waals surface area (Å²) in [5, 5.41) is 12.7. The highest BCUT2D eigenvalue weighted by molar-refractivity contribution is 5.94. The lowest BCUT2D eigenvalue weighted by Crippen LogP contribution is -2.36. The van der Waals surface area contributed by atoms with Gasteiger partial charge < -0.3 is 15.3 Å². The van der Waals surface area contributed by atoms with Crippen LogP contribution in [0.15, 0.2) is 36.4 Å². The van der Waals surface area contributed by atoms with Gasteiger partial charge in [-0.15, -0.1) is 0 Å². The van der Waals surface area contributed by atoms with Gasteiger partial charge in [0.25, 0.3) is 5.91 Å². The summed E-state index contributed by atoms with van der Waals surface area (Å²) in [6.45, 7) is 1.75. The molecule has 2 N–H and O–H groups in total. The molecule has 1 amide bonds. The van der Waals surface area contributed by atoms with Crippen LogP contribution < -0.4 is 10.2 Å². The van der Waals surface area contributed by atoms with Crippen molar-refractivity contribution < 1.29 is 9.90 Å². The summed E-state index contributed by atoms with van der Waals surface area (Å²) < 4.78 is 0. The van der Waals surface area contributed by atoms with E-state index < -0.39 is 0 Å². The minimum Gasteiger partial charge on any atom is -0.393 e. The molecule has 0 spiro atoms. The Morgan fingerprint density at radius 3 is 2.45 bits per heavy atom. The van der Waals surface area contributed by atoms with E-state index in [0.29, 0.717) is 0 Å². The van der Waals surface area contributed by atoms with Crippen LogP contribution in [0.3, 0.4) is 0 Å². The number of allylic oxidation sites excluding steroid dienone is 1. The zero-order chi connectivity index (χ0) is 15.4. The third-order valence-electron chi connectivity index (χ3n) is 4.56. The molecule has 4 heteroatoms. The van der Waals surface area contributed by atoms with E-state index in [0.717, 1.165) is 56.4 Å². The number of hydrogen-bond donors (Lipinski definition) is 2. The molecular weight excluding hydrogens is 276 g/mol. The highest BCUT2D eigenvalue weighted by Crippen LogP contribution is 2.21. The second-order valence-electron chi connectivity index (χ2n) is 6.22. The van der Waals surface area contributed by atoms with E-state index in [1.54, 1.807) is 0 Å². The Hall–Kier alpha value is -1.81. The first-order chi connectivity index (χ1) is 10.7. The van der Waals surface area contributed by atoms with Crippen molar-refractivity contribution >= 4 is 11.6 Å². The molecule has 1 atom stereocenters. The number of nitrogens with zero attached hydrogens (tertiary/aromatic N) is 1. The third kappa shape index (κ3) is 3.69. The summed E-state index contributed by atoms with van der Waals surface area (Å²) >= 11 is 0. The largest absolute Gasteiger partial charge is 0.393 e. The first-order valence-electron chi connectivity index (χ1n) is 8.21. The lowest BCUT2D eigenvalue weighted by Gasteiger charge is -2.31. The molecule has 1 aromatic carbocycles. The van der Waals surface area contributed by atoms with Crippen LogP contribution in [-0.2, 0) is 0 Å². The number of carbonyl (C=O) groups excluding carboxylic acids is 1. The number of anilines is 1. The van der Waals surface area contributed by atoms with Crippen molar-refractivity contribution in [2.24, 2.45) is 0 Å². The van der Waals surface area contributed by atoms with Gasteiger partial charge >= 0.3 is 0 Å². The second-order valence-corrected chi connectivity index (χ2v) is 6.22. The first kappa shape index (κ1) is 15.1. The van der Waals surface area contributed by atoms with E-state index in [1.165, 1.54) is 0 Å². The van der Waals surface area contributed by atoms with E-state index in [1.807, 2.05) is 24.3 Å². The average molecular weight is 300 g/mol. The molecule has 1 heterocycles. The first-order valence-corrected chi connectivity index (χ1v) is 8.21. The van der Waals surface area contributed by atoms with E-state index >= 15 is 0 Å². The smallest absolute Gasteiger partial charge is 0.251 e. The fraction of sp³-hybridized carbons (Fsp3) is 0.500. The molecule has 0 bridgehead atoms. The Morgan fingerprint density at radius 2 is 1.82 bits per heavy atom. The van der Waals surface area contributed by atoms with Gasteiger partial charge in [-0.05, 0) is 56.4 Å². The van der Waals surface area contributed by atoms with Crippen molar-refractivity contribution in [3.63, 3.8) is 0 Å². The van der Waals surface area contributed by atoms with Gasteiger partial charge in [-0.1, -0.05) is 12.2 Å². The molecule has 118 valence electrons. The molecule has 1 fully saturated rings. The average Bonchev–Trinajstić information content (AvgIpc) is 2.57. The number of carbonyl (C=O) groups is 1. The summed E-state index contributed by atoms with van der Waals surface area (Å²) in [6, 6.07) is 8.07. The summed E-state index contributed by atoms with van der Waals surface area (Å²) in [5.74, 6) is 0.0147. The van der Waals surface area contributed by atoms with Crippen LogP contribution in [0.4, 0.5) is 5.69 Å². The Bertz CT molecular complexity index is 531. The molecule has 2 aliphatic rings. The molecule has 3 rings (SSSR count). The summed E-state index contributed by atoms with van der Waals surface area (Å²) in [7, 11) is 0. The van der Waals surface area contributed by atoms with Crippen LogP contribution in [-0.4, -0.2) is 36.2 Å². The Kier molecular flexibility index (Phi) is 4.78. The summed E-state index contributed by atoms with van der Waals surface area (Å²) in [4.78, 5) is 14.5. The standard InChI is InChI=1S/C18H24N2O2/c21-17-10-12-20(13-11-17)16-8-6-14(7-9-16)18(22)19-15-4-2-1-3-5-15/h1-2,6-9,15,17,21H,3-5,10-13H2,(H,19,22). The Morgan fingerprint density at radius 1 is 1.09 bits per heavy atom. The lowest BCUT2D eigenvalue weighted by atomic mass is 10.0. The molecule has 22 heavy (non-hydrogen) atoms. The topological polar surface area (TPSA) is 52.6 Å². The minimum atomic E-state index is -0.161. The van der Waals surface area contributed by atoms with Crippen molar-refractivity contribution in [2.75, 3.05) is 18.0 Å². The van der Waals surface area contributed by atoms with E-state index in [2.05, 4.69) is 22.4 Å². The zero-order valence-corrected chi connectivity index (χ0v) is 12.9. The molecular formula is C18H24N2O2. The van der Waals surface area contributed by atoms with Crippen LogP contribution >= 0.6 is 0 Å². The fourth-order valence-electron chi connectivity index (χ4n) is 3.14. The second kappa shape index (κ2) is 6.97. The molecule has 4 nitrogen and oxygen atoms in total. The van der Waals surface area contributed by atoms with Crippen molar-refractivity contribution in [3.8, 4) is 0 Å². The minimum absolute atomic E-state index is 0.0147. The van der Waals surface area contributed by atoms with Gasteiger partial charge in [-0.3, -0.25) is 4.79 Å². The maximum absolute atomic E-state index is 12.3. The van der Waals surface area contributed by atoms with Crippen molar-refractivity contribution in [1.82, 2.24) is 5.32 Å². The molecule has 1 aliphatic heterocycles. The van der Waals surface area contributed by atoms with Crippen LogP contribution in [0.1, 0.15) is 42.5 Å². The summed E-state index contributed by atoms with van der Waals surface area (Å²) in [5.41, 5.74) is 1.85. The quantitative estimate of drug-likeness (QED) is 0.843. The molecule has 0 radical (unpaired) electrons. The van der Waals surface area contributed by atoms with Gasteiger partial charge in [-0.25, -0.2) is 0 Å². The van der Waals surface area contributed by atoms with Crippen molar-refractivity contribution in [2.45, 2.75) is 44.2 Å². The number of rotatable bonds is 3. The van der Waals surface area contributed by atoms with E-state index in [9.17, 15) is 9.90 Å². The monoisotopic (exact) mass is 300 g/mol. The predicted molar refractivity (Wildman–Crippen MR) is 88.1 cm³/mol. The SMILES string of the molecule is O=C(NC1CC=CCC1)c1ccc(N2CCC(O)CC2)cc1. The highest BCUT2D eigenvalue weighted by Gasteiger charge is 2.18. The van der Waals surface area contributed by atoms with Gasteiger partial charge in [0.15, 0.2) is 0 Å². The molecule has 1 aromatic rings. The molecule has 1 unspecified atom stereocenters. The lowest BCUT2D eigenvalue weighted by molar-refractivity contribution is 0.0934. The highest BCUT2D eigenvalue weighted by atomic mass is 16.3. The van der Waals surface area contributed by atoms with Crippen LogP contribution in [0.25, 0.3) is 0 Å². The normalized spacial score (nSPS) is 22.6. The van der Waals surface area contributed by atoms with Gasteiger partial charge in [0.2, 0.25) is 0 Å².